The largest absolute Gasteiger partial charge is 0.495 e. The molecular formula is C24H22BrClFNO5. The third kappa shape index (κ3) is 6.30. The van der Waals surface area contributed by atoms with Crippen LogP contribution in [0.1, 0.15) is 28.4 Å². The van der Waals surface area contributed by atoms with Crippen LogP contribution < -0.4 is 19.5 Å². The molecule has 0 aliphatic carbocycles. The highest BCUT2D eigenvalue weighted by molar-refractivity contribution is 9.10. The van der Waals surface area contributed by atoms with E-state index in [9.17, 15) is 14.3 Å². The van der Waals surface area contributed by atoms with Gasteiger partial charge >= 0.3 is 5.97 Å². The van der Waals surface area contributed by atoms with Crippen LogP contribution >= 0.6 is 27.5 Å². The highest BCUT2D eigenvalue weighted by atomic mass is 79.9. The number of aromatic carboxylic acids is 1. The molecule has 0 heterocycles. The molecule has 0 aliphatic heterocycles. The first-order valence-electron chi connectivity index (χ1n) is 9.99. The van der Waals surface area contributed by atoms with Crippen LogP contribution in [0.25, 0.3) is 0 Å². The molecule has 0 saturated heterocycles. The van der Waals surface area contributed by atoms with Crippen LogP contribution in [-0.4, -0.2) is 24.8 Å². The number of halogens is 3. The van der Waals surface area contributed by atoms with Gasteiger partial charge in [0.25, 0.3) is 0 Å². The van der Waals surface area contributed by atoms with Crippen molar-refractivity contribution >= 4 is 39.2 Å². The van der Waals surface area contributed by atoms with E-state index in [0.717, 1.165) is 5.56 Å². The van der Waals surface area contributed by atoms with Gasteiger partial charge in [-0.25, -0.2) is 9.18 Å². The molecule has 0 aromatic heterocycles. The molecule has 3 aromatic rings. The topological polar surface area (TPSA) is 77.0 Å². The molecule has 0 spiro atoms. The number of benzene rings is 3. The second-order valence-corrected chi connectivity index (χ2v) is 8.20. The van der Waals surface area contributed by atoms with Gasteiger partial charge in [-0.15, -0.1) is 0 Å². The van der Waals surface area contributed by atoms with E-state index in [2.05, 4.69) is 21.2 Å². The third-order valence-electron chi connectivity index (χ3n) is 4.69. The number of hydrogen-bond acceptors (Lipinski definition) is 5. The van der Waals surface area contributed by atoms with Crippen LogP contribution in [-0.2, 0) is 13.2 Å². The first-order chi connectivity index (χ1) is 15.8. The second-order valence-electron chi connectivity index (χ2n) is 6.94. The molecule has 0 radical (unpaired) electrons. The van der Waals surface area contributed by atoms with Crippen LogP contribution in [0.4, 0.5) is 10.1 Å². The standard InChI is InChI=1S/C24H22BrClFNO5/c1-3-32-22-9-14(12-28-20-10-15(24(29)30)5-7-21(20)31-2)8-18(25)23(22)33-13-16-4-6-17(27)11-19(16)26/h4-11,28H,3,12-13H2,1-2H3,(H,29,30). The minimum absolute atomic E-state index is 0.133. The monoisotopic (exact) mass is 537 g/mol. The molecule has 0 aliphatic rings. The summed E-state index contributed by atoms with van der Waals surface area (Å²) in [6.45, 7) is 2.80. The molecule has 0 unspecified atom stereocenters. The summed E-state index contributed by atoms with van der Waals surface area (Å²) in [7, 11) is 1.52. The third-order valence-corrected chi connectivity index (χ3v) is 5.63. The van der Waals surface area contributed by atoms with E-state index in [0.29, 0.717) is 46.1 Å². The number of methoxy groups -OCH3 is 1. The number of nitrogens with one attached hydrogen (secondary N) is 1. The number of hydrogen-bond donors (Lipinski definition) is 2. The molecule has 0 saturated carbocycles. The minimum Gasteiger partial charge on any atom is -0.495 e. The molecule has 0 amide bonds. The van der Waals surface area contributed by atoms with Gasteiger partial charge in [0.2, 0.25) is 0 Å². The average molecular weight is 539 g/mol. The highest BCUT2D eigenvalue weighted by Crippen LogP contribution is 2.38. The zero-order valence-electron chi connectivity index (χ0n) is 18.0. The lowest BCUT2D eigenvalue weighted by Crippen LogP contribution is -2.06. The Morgan fingerprint density at radius 2 is 1.91 bits per heavy atom. The van der Waals surface area contributed by atoms with Crippen LogP contribution in [0.3, 0.4) is 0 Å². The summed E-state index contributed by atoms with van der Waals surface area (Å²) in [6.07, 6.45) is 0. The lowest BCUT2D eigenvalue weighted by molar-refractivity contribution is 0.0697. The van der Waals surface area contributed by atoms with E-state index >= 15 is 0 Å². The maximum Gasteiger partial charge on any atom is 0.335 e. The Labute approximate surface area is 204 Å². The fraction of sp³-hybridized carbons (Fsp3) is 0.208. The van der Waals surface area contributed by atoms with E-state index < -0.39 is 11.8 Å². The number of carbonyl (C=O) groups is 1. The molecule has 3 rings (SSSR count). The highest BCUT2D eigenvalue weighted by Gasteiger charge is 2.15. The Bertz CT molecular complexity index is 1160. The predicted molar refractivity (Wildman–Crippen MR) is 128 cm³/mol. The van der Waals surface area contributed by atoms with Crippen molar-refractivity contribution < 1.29 is 28.5 Å². The predicted octanol–water partition coefficient (Wildman–Crippen LogP) is 6.54. The smallest absolute Gasteiger partial charge is 0.335 e. The molecule has 3 aromatic carbocycles. The summed E-state index contributed by atoms with van der Waals surface area (Å²) >= 11 is 9.63. The average Bonchev–Trinajstić information content (AvgIpc) is 2.78. The van der Waals surface area contributed by atoms with Crippen LogP contribution in [0.15, 0.2) is 53.0 Å². The first kappa shape index (κ1) is 24.7. The van der Waals surface area contributed by atoms with E-state index in [1.54, 1.807) is 12.1 Å². The normalized spacial score (nSPS) is 10.6. The van der Waals surface area contributed by atoms with Crippen molar-refractivity contribution in [2.24, 2.45) is 0 Å². The summed E-state index contributed by atoms with van der Waals surface area (Å²) in [5, 5.41) is 12.7. The number of anilines is 1. The van der Waals surface area contributed by atoms with Crippen molar-refractivity contribution in [1.82, 2.24) is 0 Å². The Balaban J connectivity index is 1.81. The van der Waals surface area contributed by atoms with Gasteiger partial charge in [-0.1, -0.05) is 17.7 Å². The van der Waals surface area contributed by atoms with Gasteiger partial charge in [0.1, 0.15) is 18.2 Å². The second kappa shape index (κ2) is 11.2. The van der Waals surface area contributed by atoms with Gasteiger partial charge < -0.3 is 24.6 Å². The van der Waals surface area contributed by atoms with Crippen molar-refractivity contribution in [2.75, 3.05) is 19.0 Å². The van der Waals surface area contributed by atoms with Crippen molar-refractivity contribution in [3.8, 4) is 17.2 Å². The number of carboxylic acid groups (broad SMARTS) is 1. The fourth-order valence-electron chi connectivity index (χ4n) is 3.09. The maximum absolute atomic E-state index is 13.3. The molecule has 0 bridgehead atoms. The lowest BCUT2D eigenvalue weighted by Gasteiger charge is -2.17. The lowest BCUT2D eigenvalue weighted by atomic mass is 10.1. The quantitative estimate of drug-likeness (QED) is 0.305. The van der Waals surface area contributed by atoms with Gasteiger partial charge in [0.05, 0.1) is 34.5 Å². The van der Waals surface area contributed by atoms with E-state index in [1.165, 1.54) is 31.4 Å². The van der Waals surface area contributed by atoms with Gasteiger partial charge in [-0.2, -0.15) is 0 Å². The van der Waals surface area contributed by atoms with Crippen molar-refractivity contribution in [3.63, 3.8) is 0 Å². The van der Waals surface area contributed by atoms with Crippen LogP contribution in [0, 0.1) is 5.82 Å². The molecule has 174 valence electrons. The zero-order valence-corrected chi connectivity index (χ0v) is 20.3. The molecule has 0 fully saturated rings. The fourth-order valence-corrected chi connectivity index (χ4v) is 3.92. The summed E-state index contributed by atoms with van der Waals surface area (Å²) in [5.41, 5.74) is 2.21. The number of rotatable bonds is 10. The van der Waals surface area contributed by atoms with E-state index in [-0.39, 0.29) is 17.2 Å². The van der Waals surface area contributed by atoms with E-state index in [4.69, 9.17) is 25.8 Å². The number of ether oxygens (including phenoxy) is 3. The Kier molecular flexibility index (Phi) is 8.41. The van der Waals surface area contributed by atoms with Crippen molar-refractivity contribution in [1.29, 1.82) is 0 Å². The summed E-state index contributed by atoms with van der Waals surface area (Å²) in [6, 6.07) is 12.4. The molecule has 2 N–H and O–H groups in total. The molecular weight excluding hydrogens is 517 g/mol. The van der Waals surface area contributed by atoms with Crippen LogP contribution in [0.5, 0.6) is 17.2 Å². The SMILES string of the molecule is CCOc1cc(CNc2cc(C(=O)O)ccc2OC)cc(Br)c1OCc1ccc(F)cc1Cl. The first-order valence-corrected chi connectivity index (χ1v) is 11.2. The van der Waals surface area contributed by atoms with Crippen LogP contribution in [0.2, 0.25) is 5.02 Å². The van der Waals surface area contributed by atoms with Gasteiger partial charge in [0.15, 0.2) is 11.5 Å². The summed E-state index contributed by atoms with van der Waals surface area (Å²) in [5.74, 6) is 0.104. The number of carboxylic acids is 1. The molecule has 0 atom stereocenters. The minimum atomic E-state index is -1.02. The van der Waals surface area contributed by atoms with Crippen molar-refractivity contribution in [2.45, 2.75) is 20.1 Å². The molecule has 33 heavy (non-hydrogen) atoms. The van der Waals surface area contributed by atoms with Crippen molar-refractivity contribution in [3.05, 3.63) is 80.5 Å². The summed E-state index contributed by atoms with van der Waals surface area (Å²) < 4.78 is 31.0. The molecule has 9 heteroatoms. The summed E-state index contributed by atoms with van der Waals surface area (Å²) in [4.78, 5) is 11.3. The Morgan fingerprint density at radius 1 is 1.12 bits per heavy atom. The Hall–Kier alpha value is -2.97. The van der Waals surface area contributed by atoms with E-state index in [1.807, 2.05) is 19.1 Å². The zero-order chi connectivity index (χ0) is 24.0. The van der Waals surface area contributed by atoms with Gasteiger partial charge in [-0.05, 0) is 70.9 Å². The van der Waals surface area contributed by atoms with Gasteiger partial charge in [-0.3, -0.25) is 0 Å². The van der Waals surface area contributed by atoms with Gasteiger partial charge in [0, 0.05) is 12.1 Å². The molecule has 6 nitrogen and oxygen atoms in total. The maximum atomic E-state index is 13.3. The Morgan fingerprint density at radius 3 is 2.58 bits per heavy atom.